The van der Waals surface area contributed by atoms with E-state index in [0.717, 1.165) is 0 Å². The highest BCUT2D eigenvalue weighted by atomic mass is 35.5. The van der Waals surface area contributed by atoms with Crippen molar-refractivity contribution >= 4 is 17.5 Å². The van der Waals surface area contributed by atoms with Crippen molar-refractivity contribution in [3.63, 3.8) is 0 Å². The minimum atomic E-state index is -0.712. The van der Waals surface area contributed by atoms with Crippen LogP contribution in [0.3, 0.4) is 0 Å². The van der Waals surface area contributed by atoms with E-state index in [0.29, 0.717) is 29.3 Å². The monoisotopic (exact) mass is 444 g/mol. The number of aliphatic hydroxyl groups excluding tert-OH is 1. The highest BCUT2D eigenvalue weighted by Gasteiger charge is 2.24. The van der Waals surface area contributed by atoms with Gasteiger partial charge in [0.1, 0.15) is 29.0 Å². The van der Waals surface area contributed by atoms with Gasteiger partial charge in [-0.1, -0.05) is 18.5 Å². The Kier molecular flexibility index (Phi) is 6.43. The second-order valence-corrected chi connectivity index (χ2v) is 7.87. The lowest BCUT2D eigenvalue weighted by Gasteiger charge is -2.18. The Bertz CT molecular complexity index is 1150. The van der Waals surface area contributed by atoms with Crippen LogP contribution in [0.5, 0.6) is 0 Å². The maximum Gasteiger partial charge on any atom is 0.269 e. The van der Waals surface area contributed by atoms with Crippen molar-refractivity contribution in [1.82, 2.24) is 19.3 Å². The van der Waals surface area contributed by atoms with Gasteiger partial charge in [-0.2, -0.15) is 10.4 Å². The SMILES string of the molecule is Cc1nc(C(N)=O)c([C@@H](C)Cn2ccc(-c3cc(F)c(C#N)c(Cl)c3)n2)n1C[C@H](C)O. The Morgan fingerprint density at radius 1 is 1.39 bits per heavy atom. The Morgan fingerprint density at radius 3 is 2.68 bits per heavy atom. The molecule has 10 heteroatoms. The van der Waals surface area contributed by atoms with E-state index in [1.54, 1.807) is 41.4 Å². The van der Waals surface area contributed by atoms with Gasteiger partial charge in [0.05, 0.1) is 22.5 Å². The number of carbonyl (C=O) groups is 1. The summed E-state index contributed by atoms with van der Waals surface area (Å²) >= 11 is 5.99. The minimum absolute atomic E-state index is 0.0176. The zero-order valence-corrected chi connectivity index (χ0v) is 18.1. The van der Waals surface area contributed by atoms with Crippen molar-refractivity contribution in [2.24, 2.45) is 5.73 Å². The van der Waals surface area contributed by atoms with E-state index in [9.17, 15) is 14.3 Å². The van der Waals surface area contributed by atoms with E-state index in [-0.39, 0.29) is 28.7 Å². The van der Waals surface area contributed by atoms with Gasteiger partial charge in [-0.25, -0.2) is 9.37 Å². The lowest BCUT2D eigenvalue weighted by Crippen LogP contribution is -2.22. The predicted molar refractivity (Wildman–Crippen MR) is 113 cm³/mol. The molecule has 2 aromatic heterocycles. The molecule has 2 atom stereocenters. The maximum absolute atomic E-state index is 14.1. The number of rotatable bonds is 7. The summed E-state index contributed by atoms with van der Waals surface area (Å²) in [6, 6.07) is 6.14. The summed E-state index contributed by atoms with van der Waals surface area (Å²) in [6.07, 6.45) is 1.09. The molecule has 3 N–H and O–H groups in total. The number of aliphatic hydroxyl groups is 1. The Hall–Kier alpha value is -3.22. The molecule has 1 aromatic carbocycles. The van der Waals surface area contributed by atoms with E-state index >= 15 is 0 Å². The lowest BCUT2D eigenvalue weighted by molar-refractivity contribution is 0.0993. The molecule has 1 amide bonds. The van der Waals surface area contributed by atoms with Crippen LogP contribution in [-0.4, -0.2) is 36.4 Å². The standard InChI is InChI=1S/C21H22ClFN6O2/c1-11(20-19(21(25)31)26-13(3)29(20)10-12(2)30)9-28-5-4-18(27-28)14-6-16(22)15(8-24)17(23)7-14/h4-7,11-12,30H,9-10H2,1-3H3,(H2,25,31)/t11-,12-/m0/s1. The van der Waals surface area contributed by atoms with Gasteiger partial charge in [0, 0.05) is 30.8 Å². The first-order chi connectivity index (χ1) is 14.6. The lowest BCUT2D eigenvalue weighted by atomic mass is 10.1. The third-order valence-electron chi connectivity index (χ3n) is 4.90. The fraction of sp³-hybridized carbons (Fsp3) is 0.333. The van der Waals surface area contributed by atoms with Gasteiger partial charge >= 0.3 is 0 Å². The van der Waals surface area contributed by atoms with Crippen LogP contribution in [0.2, 0.25) is 5.02 Å². The molecule has 0 spiro atoms. The van der Waals surface area contributed by atoms with Crippen LogP contribution in [0.15, 0.2) is 24.4 Å². The molecule has 0 bridgehead atoms. The number of aromatic nitrogens is 4. The average molecular weight is 445 g/mol. The zero-order valence-electron chi connectivity index (χ0n) is 17.3. The minimum Gasteiger partial charge on any atom is -0.392 e. The smallest absolute Gasteiger partial charge is 0.269 e. The topological polar surface area (TPSA) is 123 Å². The summed E-state index contributed by atoms with van der Waals surface area (Å²) in [6.45, 7) is 5.97. The second-order valence-electron chi connectivity index (χ2n) is 7.47. The Balaban J connectivity index is 1.91. The molecule has 0 saturated carbocycles. The molecule has 3 rings (SSSR count). The van der Waals surface area contributed by atoms with Gasteiger partial charge in [-0.05, 0) is 32.0 Å². The zero-order chi connectivity index (χ0) is 22.9. The van der Waals surface area contributed by atoms with Crippen molar-refractivity contribution in [2.75, 3.05) is 0 Å². The Morgan fingerprint density at radius 2 is 2.10 bits per heavy atom. The van der Waals surface area contributed by atoms with Crippen LogP contribution in [0.1, 0.15) is 47.3 Å². The number of nitrogens with zero attached hydrogens (tertiary/aromatic N) is 5. The number of carbonyl (C=O) groups excluding carboxylic acids is 1. The number of aryl methyl sites for hydroxylation is 1. The third-order valence-corrected chi connectivity index (χ3v) is 5.19. The number of nitrogens with two attached hydrogens (primary N) is 1. The summed E-state index contributed by atoms with van der Waals surface area (Å²) in [5.74, 6) is -0.980. The quantitative estimate of drug-likeness (QED) is 0.579. The van der Waals surface area contributed by atoms with Crippen molar-refractivity contribution in [2.45, 2.75) is 45.9 Å². The Labute approximate surface area is 183 Å². The molecule has 0 unspecified atom stereocenters. The van der Waals surface area contributed by atoms with E-state index < -0.39 is 17.8 Å². The predicted octanol–water partition coefficient (Wildman–Crippen LogP) is 3.00. The highest BCUT2D eigenvalue weighted by molar-refractivity contribution is 6.32. The molecule has 3 aromatic rings. The van der Waals surface area contributed by atoms with Gasteiger partial charge in [0.15, 0.2) is 0 Å². The van der Waals surface area contributed by atoms with Gasteiger partial charge in [0.2, 0.25) is 0 Å². The molecule has 0 aliphatic rings. The van der Waals surface area contributed by atoms with Gasteiger partial charge < -0.3 is 15.4 Å². The van der Waals surface area contributed by atoms with Crippen LogP contribution in [0.25, 0.3) is 11.3 Å². The number of hydrogen-bond donors (Lipinski definition) is 2. The van der Waals surface area contributed by atoms with Gasteiger partial charge in [-0.15, -0.1) is 0 Å². The molecule has 162 valence electrons. The molecule has 31 heavy (non-hydrogen) atoms. The first kappa shape index (κ1) is 22.5. The molecule has 0 aliphatic carbocycles. The molecule has 0 fully saturated rings. The fourth-order valence-electron chi connectivity index (χ4n) is 3.57. The second kappa shape index (κ2) is 8.88. The summed E-state index contributed by atoms with van der Waals surface area (Å²) < 4.78 is 17.5. The number of hydrogen-bond acceptors (Lipinski definition) is 5. The first-order valence-electron chi connectivity index (χ1n) is 9.60. The van der Waals surface area contributed by atoms with E-state index in [1.165, 1.54) is 12.1 Å². The fourth-order valence-corrected chi connectivity index (χ4v) is 3.82. The maximum atomic E-state index is 14.1. The summed E-state index contributed by atoms with van der Waals surface area (Å²) in [5, 5.41) is 23.3. The van der Waals surface area contributed by atoms with Gasteiger partial charge in [0.25, 0.3) is 5.91 Å². The summed E-state index contributed by atoms with van der Waals surface area (Å²) in [7, 11) is 0. The number of primary amides is 1. The summed E-state index contributed by atoms with van der Waals surface area (Å²) in [4.78, 5) is 16.2. The van der Waals surface area contributed by atoms with E-state index in [4.69, 9.17) is 22.6 Å². The first-order valence-corrected chi connectivity index (χ1v) is 9.98. The van der Waals surface area contributed by atoms with Gasteiger partial charge in [-0.3, -0.25) is 9.48 Å². The molecule has 0 radical (unpaired) electrons. The van der Waals surface area contributed by atoms with Crippen molar-refractivity contribution in [1.29, 1.82) is 5.26 Å². The van der Waals surface area contributed by atoms with Crippen LogP contribution in [-0.2, 0) is 13.1 Å². The largest absolute Gasteiger partial charge is 0.392 e. The molecule has 8 nitrogen and oxygen atoms in total. The number of amides is 1. The molecular formula is C21H22ClFN6O2. The number of nitriles is 1. The molecular weight excluding hydrogens is 423 g/mol. The molecule has 0 aliphatic heterocycles. The van der Waals surface area contributed by atoms with E-state index in [1.807, 2.05) is 6.92 Å². The van der Waals surface area contributed by atoms with Crippen molar-refractivity contribution in [3.05, 3.63) is 58.0 Å². The van der Waals surface area contributed by atoms with Crippen molar-refractivity contribution in [3.8, 4) is 17.3 Å². The number of halogens is 2. The number of benzene rings is 1. The van der Waals surface area contributed by atoms with E-state index in [2.05, 4.69) is 10.1 Å². The molecule has 2 heterocycles. The number of imidazole rings is 1. The average Bonchev–Trinajstić information content (AvgIpc) is 3.26. The van der Waals surface area contributed by atoms with Crippen molar-refractivity contribution < 1.29 is 14.3 Å². The van der Waals surface area contributed by atoms with Crippen LogP contribution in [0, 0.1) is 24.1 Å². The molecule has 0 saturated heterocycles. The van der Waals surface area contributed by atoms with Crippen LogP contribution >= 0.6 is 11.6 Å². The highest BCUT2D eigenvalue weighted by Crippen LogP contribution is 2.28. The van der Waals surface area contributed by atoms with Crippen LogP contribution < -0.4 is 5.73 Å². The normalized spacial score (nSPS) is 13.1. The summed E-state index contributed by atoms with van der Waals surface area (Å²) in [5.41, 5.74) is 7.03. The van der Waals surface area contributed by atoms with Crippen LogP contribution in [0.4, 0.5) is 4.39 Å². The third kappa shape index (κ3) is 4.60.